The van der Waals surface area contributed by atoms with E-state index in [-0.39, 0.29) is 0 Å². The van der Waals surface area contributed by atoms with Gasteiger partial charge in [0.15, 0.2) is 0 Å². The van der Waals surface area contributed by atoms with E-state index in [0.29, 0.717) is 12.5 Å². The standard InChI is InChI=1S/C11H18N2O3/c1-8(10(14)15)13-11(16)12-7-9-5-3-2-4-6-9/h2-3,8-9H,4-7H2,1H3,(H,14,15)(H2,12,13,16). The van der Waals surface area contributed by atoms with E-state index in [1.54, 1.807) is 0 Å². The zero-order valence-corrected chi connectivity index (χ0v) is 9.40. The van der Waals surface area contributed by atoms with Gasteiger partial charge in [0, 0.05) is 6.54 Å². The molecular weight excluding hydrogens is 208 g/mol. The normalized spacial score (nSPS) is 21.2. The largest absolute Gasteiger partial charge is 0.480 e. The molecule has 0 bridgehead atoms. The Morgan fingerprint density at radius 1 is 1.50 bits per heavy atom. The number of hydrogen-bond donors (Lipinski definition) is 3. The fourth-order valence-corrected chi connectivity index (χ4v) is 1.59. The van der Waals surface area contributed by atoms with Crippen LogP contribution in [-0.2, 0) is 4.79 Å². The highest BCUT2D eigenvalue weighted by atomic mass is 16.4. The Kier molecular flexibility index (Phi) is 4.82. The van der Waals surface area contributed by atoms with Crippen LogP contribution in [0, 0.1) is 5.92 Å². The van der Waals surface area contributed by atoms with Crippen LogP contribution >= 0.6 is 0 Å². The fraction of sp³-hybridized carbons (Fsp3) is 0.636. The number of amides is 2. The molecule has 0 aromatic carbocycles. The maximum Gasteiger partial charge on any atom is 0.325 e. The number of urea groups is 1. The highest BCUT2D eigenvalue weighted by molar-refractivity contribution is 5.82. The van der Waals surface area contributed by atoms with Gasteiger partial charge >= 0.3 is 12.0 Å². The molecule has 0 radical (unpaired) electrons. The van der Waals surface area contributed by atoms with Crippen molar-refractivity contribution in [1.29, 1.82) is 0 Å². The second-order valence-electron chi connectivity index (χ2n) is 4.06. The highest BCUT2D eigenvalue weighted by Crippen LogP contribution is 2.16. The van der Waals surface area contributed by atoms with Crippen LogP contribution in [0.25, 0.3) is 0 Å². The molecular formula is C11H18N2O3. The van der Waals surface area contributed by atoms with Crippen LogP contribution in [0.15, 0.2) is 12.2 Å². The van der Waals surface area contributed by atoms with Gasteiger partial charge in [-0.25, -0.2) is 4.79 Å². The van der Waals surface area contributed by atoms with E-state index in [2.05, 4.69) is 22.8 Å². The van der Waals surface area contributed by atoms with Gasteiger partial charge in [-0.2, -0.15) is 0 Å². The van der Waals surface area contributed by atoms with Gasteiger partial charge in [-0.15, -0.1) is 0 Å². The van der Waals surface area contributed by atoms with Crippen molar-refractivity contribution in [3.05, 3.63) is 12.2 Å². The fourth-order valence-electron chi connectivity index (χ4n) is 1.59. The van der Waals surface area contributed by atoms with E-state index >= 15 is 0 Å². The maximum absolute atomic E-state index is 11.3. The molecule has 0 spiro atoms. The van der Waals surface area contributed by atoms with Gasteiger partial charge in [-0.1, -0.05) is 12.2 Å². The van der Waals surface area contributed by atoms with Gasteiger partial charge in [0.05, 0.1) is 0 Å². The lowest BCUT2D eigenvalue weighted by atomic mass is 9.94. The lowest BCUT2D eigenvalue weighted by molar-refractivity contribution is -0.138. The molecule has 5 nitrogen and oxygen atoms in total. The number of hydrogen-bond acceptors (Lipinski definition) is 2. The third-order valence-corrected chi connectivity index (χ3v) is 2.65. The molecule has 0 aromatic rings. The summed E-state index contributed by atoms with van der Waals surface area (Å²) >= 11 is 0. The van der Waals surface area contributed by atoms with E-state index in [1.165, 1.54) is 6.92 Å². The number of nitrogens with one attached hydrogen (secondary N) is 2. The first-order chi connectivity index (χ1) is 7.59. The maximum atomic E-state index is 11.3. The number of allylic oxidation sites excluding steroid dienone is 2. The highest BCUT2D eigenvalue weighted by Gasteiger charge is 2.15. The van der Waals surface area contributed by atoms with Crippen LogP contribution in [0.1, 0.15) is 26.2 Å². The average molecular weight is 226 g/mol. The molecule has 2 atom stereocenters. The second-order valence-corrected chi connectivity index (χ2v) is 4.06. The van der Waals surface area contributed by atoms with Crippen LogP contribution in [0.2, 0.25) is 0 Å². The lowest BCUT2D eigenvalue weighted by Gasteiger charge is -2.18. The summed E-state index contributed by atoms with van der Waals surface area (Å²) in [5, 5.41) is 13.6. The number of rotatable bonds is 4. The molecule has 0 saturated heterocycles. The van der Waals surface area contributed by atoms with Crippen molar-refractivity contribution in [2.75, 3.05) is 6.54 Å². The first-order valence-corrected chi connectivity index (χ1v) is 5.51. The van der Waals surface area contributed by atoms with Crippen molar-refractivity contribution in [1.82, 2.24) is 10.6 Å². The first kappa shape index (κ1) is 12.5. The number of carboxylic acid groups (broad SMARTS) is 1. The van der Waals surface area contributed by atoms with Crippen molar-refractivity contribution < 1.29 is 14.7 Å². The Bertz CT molecular complexity index is 289. The van der Waals surface area contributed by atoms with Crippen molar-refractivity contribution in [3.63, 3.8) is 0 Å². The molecule has 1 rings (SSSR count). The molecule has 90 valence electrons. The number of aliphatic carboxylic acids is 1. The van der Waals surface area contributed by atoms with Crippen molar-refractivity contribution >= 4 is 12.0 Å². The molecule has 3 N–H and O–H groups in total. The van der Waals surface area contributed by atoms with Crippen molar-refractivity contribution in [2.24, 2.45) is 5.92 Å². The molecule has 0 aromatic heterocycles. The van der Waals surface area contributed by atoms with Gasteiger partial charge in [0.2, 0.25) is 0 Å². The molecule has 0 aliphatic heterocycles. The van der Waals surface area contributed by atoms with E-state index < -0.39 is 18.0 Å². The summed E-state index contributed by atoms with van der Waals surface area (Å²) in [5.74, 6) is -0.563. The smallest absolute Gasteiger partial charge is 0.325 e. The Morgan fingerprint density at radius 2 is 2.25 bits per heavy atom. The summed E-state index contributed by atoms with van der Waals surface area (Å²) in [7, 11) is 0. The Balaban J connectivity index is 2.19. The Labute approximate surface area is 94.9 Å². The average Bonchev–Trinajstić information content (AvgIpc) is 2.27. The summed E-state index contributed by atoms with van der Waals surface area (Å²) in [5.41, 5.74) is 0. The lowest BCUT2D eigenvalue weighted by Crippen LogP contribution is -2.45. The molecule has 2 amide bonds. The van der Waals surface area contributed by atoms with Crippen LogP contribution in [-0.4, -0.2) is 29.7 Å². The topological polar surface area (TPSA) is 78.4 Å². The third kappa shape index (κ3) is 4.33. The monoisotopic (exact) mass is 226 g/mol. The quantitative estimate of drug-likeness (QED) is 0.628. The summed E-state index contributed by atoms with van der Waals surface area (Å²) in [4.78, 5) is 21.8. The minimum atomic E-state index is -1.03. The number of carbonyl (C=O) groups excluding carboxylic acids is 1. The SMILES string of the molecule is CC(NC(=O)NCC1CC=CCC1)C(=O)O. The minimum absolute atomic E-state index is 0.413. The molecule has 16 heavy (non-hydrogen) atoms. The molecule has 2 unspecified atom stereocenters. The molecule has 1 aliphatic rings. The molecule has 1 aliphatic carbocycles. The predicted molar refractivity (Wildman–Crippen MR) is 60.1 cm³/mol. The van der Waals surface area contributed by atoms with Crippen molar-refractivity contribution in [3.8, 4) is 0 Å². The van der Waals surface area contributed by atoms with E-state index in [0.717, 1.165) is 19.3 Å². The molecule has 0 fully saturated rings. The van der Waals surface area contributed by atoms with Gasteiger partial charge in [0.25, 0.3) is 0 Å². The van der Waals surface area contributed by atoms with Gasteiger partial charge in [-0.05, 0) is 32.1 Å². The van der Waals surface area contributed by atoms with Crippen LogP contribution in [0.4, 0.5) is 4.79 Å². The van der Waals surface area contributed by atoms with E-state index in [4.69, 9.17) is 5.11 Å². The Hall–Kier alpha value is -1.52. The van der Waals surface area contributed by atoms with Crippen molar-refractivity contribution in [2.45, 2.75) is 32.2 Å². The van der Waals surface area contributed by atoms with E-state index in [9.17, 15) is 9.59 Å². The molecule has 0 saturated carbocycles. The zero-order valence-electron chi connectivity index (χ0n) is 9.40. The van der Waals surface area contributed by atoms with Crippen LogP contribution in [0.3, 0.4) is 0 Å². The van der Waals surface area contributed by atoms with Gasteiger partial charge in [-0.3, -0.25) is 4.79 Å². The molecule has 0 heterocycles. The number of carbonyl (C=O) groups is 2. The summed E-state index contributed by atoms with van der Waals surface area (Å²) in [6.45, 7) is 2.04. The molecule has 5 heteroatoms. The third-order valence-electron chi connectivity index (χ3n) is 2.65. The predicted octanol–water partition coefficient (Wildman–Crippen LogP) is 1.11. The van der Waals surface area contributed by atoms with Crippen LogP contribution < -0.4 is 10.6 Å². The van der Waals surface area contributed by atoms with Gasteiger partial charge in [0.1, 0.15) is 6.04 Å². The van der Waals surface area contributed by atoms with E-state index in [1.807, 2.05) is 0 Å². The van der Waals surface area contributed by atoms with Gasteiger partial charge < -0.3 is 15.7 Å². The first-order valence-electron chi connectivity index (χ1n) is 5.51. The summed E-state index contributed by atoms with van der Waals surface area (Å²) in [6.07, 6.45) is 7.37. The summed E-state index contributed by atoms with van der Waals surface area (Å²) < 4.78 is 0. The zero-order chi connectivity index (χ0) is 12.0. The number of carboxylic acids is 1. The second kappa shape index (κ2) is 6.15. The summed E-state index contributed by atoms with van der Waals surface area (Å²) in [6, 6.07) is -1.27. The Morgan fingerprint density at radius 3 is 2.81 bits per heavy atom. The van der Waals surface area contributed by atoms with Crippen LogP contribution in [0.5, 0.6) is 0 Å². The minimum Gasteiger partial charge on any atom is -0.480 e.